The van der Waals surface area contributed by atoms with Crippen molar-refractivity contribution in [2.75, 3.05) is 25.0 Å². The average molecular weight is 244 g/mol. The Morgan fingerprint density at radius 3 is 2.50 bits per heavy atom. The summed E-state index contributed by atoms with van der Waals surface area (Å²) in [5.41, 5.74) is 1.37. The maximum atomic E-state index is 11.8. The van der Waals surface area contributed by atoms with Gasteiger partial charge < -0.3 is 10.2 Å². The Morgan fingerprint density at radius 1 is 1.22 bits per heavy atom. The van der Waals surface area contributed by atoms with Crippen molar-refractivity contribution in [3.05, 3.63) is 29.8 Å². The summed E-state index contributed by atoms with van der Waals surface area (Å²) in [6, 6.07) is 9.01. The van der Waals surface area contributed by atoms with Gasteiger partial charge in [-0.1, -0.05) is 0 Å². The molecule has 0 aromatic heterocycles. The number of hydrogen-bond donors (Lipinski definition) is 2. The van der Waals surface area contributed by atoms with Gasteiger partial charge in [0.05, 0.1) is 24.7 Å². The van der Waals surface area contributed by atoms with Crippen LogP contribution in [0.1, 0.15) is 24.8 Å². The molecule has 0 unspecified atom stereocenters. The Balaban J connectivity index is 1.84. The summed E-state index contributed by atoms with van der Waals surface area (Å²) in [5, 5.41) is 11.6. The van der Waals surface area contributed by atoms with E-state index in [4.69, 9.17) is 5.26 Å². The lowest BCUT2D eigenvalue weighted by Gasteiger charge is -2.22. The van der Waals surface area contributed by atoms with E-state index in [-0.39, 0.29) is 5.91 Å². The SMILES string of the molecule is N#Cc1ccc(NC(=O)C[NH+]2CCCCC2)cc1. The van der Waals surface area contributed by atoms with Gasteiger partial charge in [0, 0.05) is 5.69 Å². The monoisotopic (exact) mass is 244 g/mol. The van der Waals surface area contributed by atoms with Crippen LogP contribution in [0.3, 0.4) is 0 Å². The van der Waals surface area contributed by atoms with E-state index < -0.39 is 0 Å². The van der Waals surface area contributed by atoms with Gasteiger partial charge in [0.15, 0.2) is 6.54 Å². The number of carbonyl (C=O) groups excluding carboxylic acids is 1. The zero-order valence-corrected chi connectivity index (χ0v) is 10.4. The van der Waals surface area contributed by atoms with E-state index in [1.807, 2.05) is 0 Å². The number of carbonyl (C=O) groups is 1. The van der Waals surface area contributed by atoms with Crippen LogP contribution < -0.4 is 10.2 Å². The number of likely N-dealkylation sites (tertiary alicyclic amines) is 1. The second-order valence-electron chi connectivity index (χ2n) is 4.72. The van der Waals surface area contributed by atoms with Gasteiger partial charge >= 0.3 is 0 Å². The molecule has 1 aromatic carbocycles. The molecular weight excluding hydrogens is 226 g/mol. The Hall–Kier alpha value is -1.86. The van der Waals surface area contributed by atoms with E-state index >= 15 is 0 Å². The third-order valence-corrected chi connectivity index (χ3v) is 3.27. The number of rotatable bonds is 3. The molecule has 0 atom stereocenters. The molecule has 1 heterocycles. The van der Waals surface area contributed by atoms with E-state index in [0.717, 1.165) is 18.8 Å². The average Bonchev–Trinajstić information content (AvgIpc) is 2.40. The van der Waals surface area contributed by atoms with Gasteiger partial charge in [0.2, 0.25) is 0 Å². The first kappa shape index (κ1) is 12.6. The Bertz CT molecular complexity index is 441. The molecule has 0 radical (unpaired) electrons. The highest BCUT2D eigenvalue weighted by molar-refractivity contribution is 5.91. The summed E-state index contributed by atoms with van der Waals surface area (Å²) in [6.07, 6.45) is 3.74. The maximum Gasteiger partial charge on any atom is 0.279 e. The van der Waals surface area contributed by atoms with Gasteiger partial charge in [-0.2, -0.15) is 5.26 Å². The molecule has 1 saturated heterocycles. The molecule has 4 heteroatoms. The molecule has 0 aliphatic carbocycles. The smallest absolute Gasteiger partial charge is 0.279 e. The van der Waals surface area contributed by atoms with E-state index in [0.29, 0.717) is 12.1 Å². The zero-order valence-electron chi connectivity index (χ0n) is 10.4. The van der Waals surface area contributed by atoms with Gasteiger partial charge in [-0.05, 0) is 43.5 Å². The number of amides is 1. The van der Waals surface area contributed by atoms with Crippen LogP contribution in [0.15, 0.2) is 24.3 Å². The molecule has 4 nitrogen and oxygen atoms in total. The van der Waals surface area contributed by atoms with Crippen LogP contribution >= 0.6 is 0 Å². The summed E-state index contributed by atoms with van der Waals surface area (Å²) in [7, 11) is 0. The van der Waals surface area contributed by atoms with Crippen molar-refractivity contribution < 1.29 is 9.69 Å². The Morgan fingerprint density at radius 2 is 1.89 bits per heavy atom. The van der Waals surface area contributed by atoms with Crippen molar-refractivity contribution in [3.8, 4) is 6.07 Å². The van der Waals surface area contributed by atoms with Gasteiger partial charge in [-0.15, -0.1) is 0 Å². The molecule has 0 bridgehead atoms. The molecule has 0 saturated carbocycles. The number of anilines is 1. The van der Waals surface area contributed by atoms with Crippen molar-refractivity contribution >= 4 is 11.6 Å². The fourth-order valence-electron chi connectivity index (χ4n) is 2.29. The maximum absolute atomic E-state index is 11.8. The Kier molecular flexibility index (Phi) is 4.32. The lowest BCUT2D eigenvalue weighted by molar-refractivity contribution is -0.896. The minimum atomic E-state index is 0.0524. The summed E-state index contributed by atoms with van der Waals surface area (Å²) >= 11 is 0. The summed E-state index contributed by atoms with van der Waals surface area (Å²) in [5.74, 6) is 0.0524. The molecule has 0 spiro atoms. The number of nitriles is 1. The molecule has 1 aliphatic rings. The van der Waals surface area contributed by atoms with Crippen molar-refractivity contribution in [1.29, 1.82) is 5.26 Å². The molecule has 18 heavy (non-hydrogen) atoms. The number of nitrogens with one attached hydrogen (secondary N) is 2. The van der Waals surface area contributed by atoms with E-state index in [1.165, 1.54) is 24.2 Å². The third kappa shape index (κ3) is 3.57. The molecule has 1 aliphatic heterocycles. The normalized spacial score (nSPS) is 15.9. The predicted octanol–water partition coefficient (Wildman–Crippen LogP) is 0.566. The minimum Gasteiger partial charge on any atom is -0.327 e. The standard InChI is InChI=1S/C14H17N3O/c15-10-12-4-6-13(7-5-12)16-14(18)11-17-8-2-1-3-9-17/h4-7H,1-3,8-9,11H2,(H,16,18)/p+1. The highest BCUT2D eigenvalue weighted by Gasteiger charge is 2.17. The van der Waals surface area contributed by atoms with Crippen molar-refractivity contribution in [1.82, 2.24) is 0 Å². The molecule has 94 valence electrons. The fourth-order valence-corrected chi connectivity index (χ4v) is 2.29. The third-order valence-electron chi connectivity index (χ3n) is 3.27. The quantitative estimate of drug-likeness (QED) is 0.816. The fraction of sp³-hybridized carbons (Fsp3) is 0.429. The second-order valence-corrected chi connectivity index (χ2v) is 4.72. The first-order valence-corrected chi connectivity index (χ1v) is 6.41. The Labute approximate surface area is 107 Å². The number of hydrogen-bond acceptors (Lipinski definition) is 2. The predicted molar refractivity (Wildman–Crippen MR) is 69.2 cm³/mol. The van der Waals surface area contributed by atoms with Crippen LogP contribution in [0, 0.1) is 11.3 Å². The zero-order chi connectivity index (χ0) is 12.8. The molecule has 1 fully saturated rings. The van der Waals surface area contributed by atoms with Crippen LogP contribution in [0.4, 0.5) is 5.69 Å². The van der Waals surface area contributed by atoms with E-state index in [1.54, 1.807) is 24.3 Å². The largest absolute Gasteiger partial charge is 0.327 e. The van der Waals surface area contributed by atoms with Crippen LogP contribution in [0.25, 0.3) is 0 Å². The number of benzene rings is 1. The highest BCUT2D eigenvalue weighted by Crippen LogP contribution is 2.08. The van der Waals surface area contributed by atoms with E-state index in [2.05, 4.69) is 11.4 Å². The van der Waals surface area contributed by atoms with Crippen LogP contribution in [-0.2, 0) is 4.79 Å². The van der Waals surface area contributed by atoms with Crippen LogP contribution in [0.2, 0.25) is 0 Å². The van der Waals surface area contributed by atoms with Crippen LogP contribution in [-0.4, -0.2) is 25.5 Å². The summed E-state index contributed by atoms with van der Waals surface area (Å²) in [6.45, 7) is 2.74. The first-order chi connectivity index (χ1) is 8.78. The van der Waals surface area contributed by atoms with Gasteiger partial charge in [0.1, 0.15) is 0 Å². The number of piperidine rings is 1. The molecular formula is C14H18N3O+. The van der Waals surface area contributed by atoms with Crippen molar-refractivity contribution in [2.45, 2.75) is 19.3 Å². The topological polar surface area (TPSA) is 57.3 Å². The van der Waals surface area contributed by atoms with Gasteiger partial charge in [-0.25, -0.2) is 0 Å². The van der Waals surface area contributed by atoms with Crippen molar-refractivity contribution in [2.24, 2.45) is 0 Å². The van der Waals surface area contributed by atoms with Gasteiger partial charge in [0.25, 0.3) is 5.91 Å². The molecule has 2 N–H and O–H groups in total. The lowest BCUT2D eigenvalue weighted by atomic mass is 10.1. The van der Waals surface area contributed by atoms with Crippen molar-refractivity contribution in [3.63, 3.8) is 0 Å². The molecule has 2 rings (SSSR count). The number of nitrogens with zero attached hydrogens (tertiary/aromatic N) is 1. The van der Waals surface area contributed by atoms with Crippen LogP contribution in [0.5, 0.6) is 0 Å². The molecule has 1 amide bonds. The lowest BCUT2D eigenvalue weighted by Crippen LogP contribution is -3.13. The van der Waals surface area contributed by atoms with E-state index in [9.17, 15) is 4.79 Å². The number of quaternary nitrogens is 1. The second kappa shape index (κ2) is 6.18. The summed E-state index contributed by atoms with van der Waals surface area (Å²) in [4.78, 5) is 13.2. The summed E-state index contributed by atoms with van der Waals surface area (Å²) < 4.78 is 0. The molecule has 1 aromatic rings. The highest BCUT2D eigenvalue weighted by atomic mass is 16.2. The first-order valence-electron chi connectivity index (χ1n) is 6.41. The minimum absolute atomic E-state index is 0.0524. The van der Waals surface area contributed by atoms with Gasteiger partial charge in [-0.3, -0.25) is 4.79 Å².